The Bertz CT molecular complexity index is 93.4. The van der Waals surface area contributed by atoms with E-state index in [0.717, 1.165) is 0 Å². The predicted molar refractivity (Wildman–Crippen MR) is 35.0 cm³/mol. The molecule has 0 fully saturated rings. The fraction of sp³-hybridized carbons (Fsp3) is 1.00. The summed E-state index contributed by atoms with van der Waals surface area (Å²) >= 11 is 2.91. The van der Waals surface area contributed by atoms with Gasteiger partial charge in [-0.3, -0.25) is 0 Å². The Hall–Kier alpha value is 0.230. The average molecular weight is 221 g/mol. The number of hydrogen-bond donors (Lipinski definition) is 0. The van der Waals surface area contributed by atoms with Crippen LogP contribution in [0.2, 0.25) is 0 Å². The molecule has 0 heterocycles. The van der Waals surface area contributed by atoms with Gasteiger partial charge in [-0.15, -0.1) is 0 Å². The summed E-state index contributed by atoms with van der Waals surface area (Å²) in [5.74, 6) is 0. The fourth-order valence-corrected chi connectivity index (χ4v) is 0.435. The van der Waals surface area contributed by atoms with Crippen molar-refractivity contribution in [1.82, 2.24) is 0 Å². The zero-order valence-electron chi connectivity index (χ0n) is 5.41. The van der Waals surface area contributed by atoms with Gasteiger partial charge in [0.15, 0.2) is 0 Å². The molecular formula is C5H8BrF3O. The Balaban J connectivity index is 3.36. The highest BCUT2D eigenvalue weighted by atomic mass is 79.9. The Morgan fingerprint density at radius 2 is 2.00 bits per heavy atom. The largest absolute Gasteiger partial charge is 0.411 e. The average Bonchev–Trinajstić information content (AvgIpc) is 1.81. The molecule has 1 atom stereocenters. The first-order valence-corrected chi connectivity index (χ1v) is 3.69. The number of halogens is 4. The second-order valence-electron chi connectivity index (χ2n) is 1.74. The van der Waals surface area contributed by atoms with E-state index in [9.17, 15) is 13.2 Å². The van der Waals surface area contributed by atoms with Crippen LogP contribution < -0.4 is 0 Å². The van der Waals surface area contributed by atoms with Crippen molar-refractivity contribution >= 4 is 15.9 Å². The van der Waals surface area contributed by atoms with Crippen LogP contribution in [0.3, 0.4) is 0 Å². The molecule has 0 aromatic rings. The van der Waals surface area contributed by atoms with Crippen molar-refractivity contribution in [3.05, 3.63) is 0 Å². The van der Waals surface area contributed by atoms with E-state index in [4.69, 9.17) is 0 Å². The van der Waals surface area contributed by atoms with Gasteiger partial charge in [0.2, 0.25) is 0 Å². The molecule has 10 heavy (non-hydrogen) atoms. The van der Waals surface area contributed by atoms with Gasteiger partial charge < -0.3 is 4.74 Å². The SMILES string of the molecule is CC[C@H](Br)OCC(F)(F)F. The van der Waals surface area contributed by atoms with Crippen molar-refractivity contribution in [2.24, 2.45) is 0 Å². The third-order valence-corrected chi connectivity index (χ3v) is 1.66. The van der Waals surface area contributed by atoms with Crippen molar-refractivity contribution in [2.75, 3.05) is 6.61 Å². The molecule has 0 bridgehead atoms. The van der Waals surface area contributed by atoms with Crippen LogP contribution in [0.5, 0.6) is 0 Å². The molecule has 0 saturated carbocycles. The minimum absolute atomic E-state index is 0.492. The second-order valence-corrected chi connectivity index (χ2v) is 2.77. The van der Waals surface area contributed by atoms with E-state index >= 15 is 0 Å². The molecule has 5 heteroatoms. The summed E-state index contributed by atoms with van der Waals surface area (Å²) in [6.45, 7) is 0.548. The molecule has 1 nitrogen and oxygen atoms in total. The lowest BCUT2D eigenvalue weighted by molar-refractivity contribution is -0.176. The number of ether oxygens (including phenoxy) is 1. The van der Waals surface area contributed by atoms with Crippen LogP contribution in [0.15, 0.2) is 0 Å². The van der Waals surface area contributed by atoms with Crippen LogP contribution in [-0.4, -0.2) is 17.8 Å². The van der Waals surface area contributed by atoms with Crippen molar-refractivity contribution in [3.8, 4) is 0 Å². The number of hydrogen-bond acceptors (Lipinski definition) is 1. The van der Waals surface area contributed by atoms with Gasteiger partial charge in [-0.25, -0.2) is 0 Å². The van der Waals surface area contributed by atoms with Crippen molar-refractivity contribution in [1.29, 1.82) is 0 Å². The molecule has 0 rings (SSSR count). The molecule has 0 aliphatic rings. The van der Waals surface area contributed by atoms with Gasteiger partial charge >= 0.3 is 6.18 Å². The predicted octanol–water partition coefficient (Wildman–Crippen LogP) is 2.70. The Labute approximate surface area is 65.7 Å². The van der Waals surface area contributed by atoms with Crippen LogP contribution in [-0.2, 0) is 4.74 Å². The van der Waals surface area contributed by atoms with E-state index < -0.39 is 17.8 Å². The van der Waals surface area contributed by atoms with Gasteiger partial charge in [0, 0.05) is 0 Å². The highest BCUT2D eigenvalue weighted by Crippen LogP contribution is 2.17. The zero-order chi connectivity index (χ0) is 8.20. The van der Waals surface area contributed by atoms with E-state index in [2.05, 4.69) is 20.7 Å². The van der Waals surface area contributed by atoms with Crippen LogP contribution in [0, 0.1) is 0 Å². The summed E-state index contributed by atoms with van der Waals surface area (Å²) in [5.41, 5.74) is 0. The van der Waals surface area contributed by atoms with E-state index in [0.29, 0.717) is 6.42 Å². The minimum Gasteiger partial charge on any atom is -0.358 e. The standard InChI is InChI=1S/C5H8BrF3O/c1-2-4(6)10-3-5(7,8)9/h4H,2-3H2,1H3/t4-/m1/s1. The smallest absolute Gasteiger partial charge is 0.358 e. The van der Waals surface area contributed by atoms with Crippen molar-refractivity contribution in [3.63, 3.8) is 0 Å². The Morgan fingerprint density at radius 3 is 2.30 bits per heavy atom. The highest BCUT2D eigenvalue weighted by molar-refractivity contribution is 9.09. The van der Waals surface area contributed by atoms with E-state index in [1.165, 1.54) is 0 Å². The normalized spacial score (nSPS) is 15.3. The molecule has 0 saturated heterocycles. The minimum atomic E-state index is -4.22. The lowest BCUT2D eigenvalue weighted by Gasteiger charge is -2.10. The molecule has 0 aromatic heterocycles. The van der Waals surface area contributed by atoms with Crippen LogP contribution in [0.25, 0.3) is 0 Å². The van der Waals surface area contributed by atoms with Gasteiger partial charge in [-0.05, 0) is 6.42 Å². The molecule has 0 amide bonds. The molecule has 0 aliphatic heterocycles. The topological polar surface area (TPSA) is 9.23 Å². The summed E-state index contributed by atoms with van der Waals surface area (Å²) in [4.78, 5) is 0. The molecule has 0 spiro atoms. The van der Waals surface area contributed by atoms with Crippen molar-refractivity contribution in [2.45, 2.75) is 24.5 Å². The van der Waals surface area contributed by atoms with Gasteiger partial charge in [-0.1, -0.05) is 22.9 Å². The molecule has 0 aliphatic carbocycles. The molecule has 0 radical (unpaired) electrons. The number of alkyl halides is 4. The fourth-order valence-electron chi connectivity index (χ4n) is 0.303. The second kappa shape index (κ2) is 4.18. The monoisotopic (exact) mass is 220 g/mol. The number of rotatable bonds is 3. The summed E-state index contributed by atoms with van der Waals surface area (Å²) in [5, 5.41) is -0.492. The maximum Gasteiger partial charge on any atom is 0.411 e. The van der Waals surface area contributed by atoms with Gasteiger partial charge in [0.05, 0.1) is 0 Å². The summed E-state index contributed by atoms with van der Waals surface area (Å²) < 4.78 is 38.6. The molecular weight excluding hydrogens is 213 g/mol. The van der Waals surface area contributed by atoms with Gasteiger partial charge in [0.1, 0.15) is 11.6 Å². The first kappa shape index (κ1) is 10.2. The molecule has 0 N–H and O–H groups in total. The van der Waals surface area contributed by atoms with E-state index in [1.807, 2.05) is 0 Å². The van der Waals surface area contributed by atoms with Gasteiger partial charge in [-0.2, -0.15) is 13.2 Å². The lowest BCUT2D eigenvalue weighted by Crippen LogP contribution is -2.19. The Kier molecular flexibility index (Phi) is 4.28. The zero-order valence-corrected chi connectivity index (χ0v) is 7.00. The van der Waals surface area contributed by atoms with Crippen LogP contribution in [0.4, 0.5) is 13.2 Å². The quantitative estimate of drug-likeness (QED) is 0.665. The van der Waals surface area contributed by atoms with Gasteiger partial charge in [0.25, 0.3) is 0 Å². The first-order chi connectivity index (χ1) is 4.45. The third kappa shape index (κ3) is 6.35. The maximum absolute atomic E-state index is 11.4. The maximum atomic E-state index is 11.4. The lowest BCUT2D eigenvalue weighted by atomic mass is 10.5. The van der Waals surface area contributed by atoms with Crippen LogP contribution in [0.1, 0.15) is 13.3 Å². The Morgan fingerprint density at radius 1 is 1.50 bits per heavy atom. The molecule has 0 unspecified atom stereocenters. The summed E-state index contributed by atoms with van der Waals surface area (Å²) in [7, 11) is 0. The molecule has 62 valence electrons. The summed E-state index contributed by atoms with van der Waals surface area (Å²) in [6.07, 6.45) is -3.70. The third-order valence-electron chi connectivity index (χ3n) is 0.749. The highest BCUT2D eigenvalue weighted by Gasteiger charge is 2.28. The molecule has 0 aromatic carbocycles. The first-order valence-electron chi connectivity index (χ1n) is 2.78. The van der Waals surface area contributed by atoms with E-state index in [-0.39, 0.29) is 0 Å². The van der Waals surface area contributed by atoms with E-state index in [1.54, 1.807) is 6.92 Å². The summed E-state index contributed by atoms with van der Waals surface area (Å²) in [6, 6.07) is 0. The van der Waals surface area contributed by atoms with Crippen LogP contribution >= 0.6 is 15.9 Å². The van der Waals surface area contributed by atoms with Crippen molar-refractivity contribution < 1.29 is 17.9 Å².